The fourth-order valence-electron chi connectivity index (χ4n) is 10.4. The maximum atomic E-state index is 6.56. The minimum absolute atomic E-state index is 0.907. The second kappa shape index (κ2) is 13.7. The Balaban J connectivity index is 0.940. The van der Waals surface area contributed by atoms with Crippen LogP contribution in [0.2, 0.25) is 0 Å². The van der Waals surface area contributed by atoms with E-state index >= 15 is 0 Å². The number of furan rings is 1. The molecule has 0 fully saturated rings. The van der Waals surface area contributed by atoms with Gasteiger partial charge in [0.05, 0.1) is 22.1 Å². The van der Waals surface area contributed by atoms with Crippen LogP contribution in [0.25, 0.3) is 130 Å². The van der Waals surface area contributed by atoms with Gasteiger partial charge in [0.1, 0.15) is 11.2 Å². The van der Waals surface area contributed by atoms with Crippen LogP contribution < -0.4 is 0 Å². The normalized spacial score (nSPS) is 12.1. The van der Waals surface area contributed by atoms with E-state index < -0.39 is 0 Å². The average molecular weight is 833 g/mol. The maximum Gasteiger partial charge on any atom is 0.143 e. The van der Waals surface area contributed by atoms with Crippen LogP contribution in [0.3, 0.4) is 0 Å². The van der Waals surface area contributed by atoms with E-state index in [9.17, 15) is 0 Å². The largest absolute Gasteiger partial charge is 0.455 e. The highest BCUT2D eigenvalue weighted by Crippen LogP contribution is 2.44. The van der Waals surface area contributed by atoms with Gasteiger partial charge in [0.2, 0.25) is 0 Å². The molecule has 0 N–H and O–H groups in total. The summed E-state index contributed by atoms with van der Waals surface area (Å²) in [6.45, 7) is 0. The zero-order chi connectivity index (χ0) is 41.9. The molecule has 3 nitrogen and oxygen atoms in total. The zero-order valence-electron chi connectivity index (χ0n) is 34.5. The number of rotatable bonds is 5. The quantitative estimate of drug-likeness (QED) is 0.169. The van der Waals surface area contributed by atoms with Crippen molar-refractivity contribution in [2.75, 3.05) is 0 Å². The summed E-state index contributed by atoms with van der Waals surface area (Å²) >= 11 is 1.88. The lowest BCUT2D eigenvalue weighted by molar-refractivity contribution is 0.670. The molecule has 0 saturated carbocycles. The van der Waals surface area contributed by atoms with E-state index in [0.717, 1.165) is 44.3 Å². The number of aromatic nitrogens is 2. The molecule has 298 valence electrons. The number of benzene rings is 10. The molecule has 4 heteroatoms. The number of hydrogen-bond acceptors (Lipinski definition) is 2. The Labute approximate surface area is 371 Å². The van der Waals surface area contributed by atoms with Crippen LogP contribution >= 0.6 is 11.3 Å². The highest BCUT2D eigenvalue weighted by molar-refractivity contribution is 7.26. The number of thiophene rings is 1. The summed E-state index contributed by atoms with van der Waals surface area (Å²) in [6.07, 6.45) is 0. The van der Waals surface area contributed by atoms with Crippen molar-refractivity contribution < 1.29 is 4.42 Å². The Morgan fingerprint density at radius 2 is 0.828 bits per heavy atom. The van der Waals surface area contributed by atoms with Crippen LogP contribution in [0.5, 0.6) is 0 Å². The van der Waals surface area contributed by atoms with Crippen LogP contribution in [0.15, 0.2) is 223 Å². The van der Waals surface area contributed by atoms with Gasteiger partial charge in [-0.15, -0.1) is 11.3 Å². The van der Waals surface area contributed by atoms with E-state index in [1.807, 2.05) is 17.4 Å². The van der Waals surface area contributed by atoms with Crippen molar-refractivity contribution in [3.8, 4) is 44.8 Å². The molecule has 0 aliphatic carbocycles. The smallest absolute Gasteiger partial charge is 0.143 e. The van der Waals surface area contributed by atoms with Gasteiger partial charge >= 0.3 is 0 Å². The van der Waals surface area contributed by atoms with Gasteiger partial charge in [0, 0.05) is 69.4 Å². The highest BCUT2D eigenvalue weighted by Gasteiger charge is 2.19. The van der Waals surface area contributed by atoms with Gasteiger partial charge in [0.25, 0.3) is 0 Å². The van der Waals surface area contributed by atoms with Gasteiger partial charge in [0.15, 0.2) is 0 Å². The molecular formula is C60H36N2OS. The Kier molecular flexibility index (Phi) is 7.56. The minimum Gasteiger partial charge on any atom is -0.455 e. The fourth-order valence-corrected chi connectivity index (χ4v) is 11.6. The first-order valence-electron chi connectivity index (χ1n) is 21.8. The molecule has 4 aromatic heterocycles. The molecule has 0 aliphatic rings. The van der Waals surface area contributed by atoms with Crippen molar-refractivity contribution in [2.45, 2.75) is 0 Å². The summed E-state index contributed by atoms with van der Waals surface area (Å²) in [7, 11) is 0. The molecule has 10 aromatic carbocycles. The summed E-state index contributed by atoms with van der Waals surface area (Å²) in [5.74, 6) is 0. The lowest BCUT2D eigenvalue weighted by Crippen LogP contribution is -1.94. The second-order valence-electron chi connectivity index (χ2n) is 16.8. The third-order valence-electron chi connectivity index (χ3n) is 13.3. The molecule has 0 unspecified atom stereocenters. The zero-order valence-corrected chi connectivity index (χ0v) is 35.3. The molecule has 0 amide bonds. The van der Waals surface area contributed by atoms with Crippen LogP contribution in [0, 0.1) is 0 Å². The van der Waals surface area contributed by atoms with Gasteiger partial charge < -0.3 is 13.6 Å². The Morgan fingerprint density at radius 3 is 1.59 bits per heavy atom. The number of para-hydroxylation sites is 4. The summed E-state index contributed by atoms with van der Waals surface area (Å²) in [5, 5.41) is 9.82. The van der Waals surface area contributed by atoms with Crippen LogP contribution in [0.4, 0.5) is 0 Å². The standard InChI is InChI=1S/C60H36N2OS/c1-2-12-41(13-3-1)61-53-21-7-4-14-45(53)50-34-38(26-31-54(50)61)37-24-29-42(30-25-37)62-55-32-27-39(43-17-10-19-48-46-15-5-8-22-57(46)63-59(43)48)35-51(55)52-36-40(28-33-56(52)62)44-18-11-20-49-47-16-6-9-23-58(47)64-60(44)49/h1-36H. The van der Waals surface area contributed by atoms with Crippen molar-refractivity contribution in [3.63, 3.8) is 0 Å². The van der Waals surface area contributed by atoms with Crippen LogP contribution in [-0.4, -0.2) is 9.13 Å². The lowest BCUT2D eigenvalue weighted by atomic mass is 9.98. The molecule has 0 radical (unpaired) electrons. The Morgan fingerprint density at radius 1 is 0.312 bits per heavy atom. The van der Waals surface area contributed by atoms with E-state index in [4.69, 9.17) is 4.42 Å². The van der Waals surface area contributed by atoms with Gasteiger partial charge in [-0.05, 0) is 107 Å². The molecule has 14 rings (SSSR count). The monoisotopic (exact) mass is 832 g/mol. The predicted molar refractivity (Wildman–Crippen MR) is 272 cm³/mol. The molecule has 14 aromatic rings. The van der Waals surface area contributed by atoms with E-state index in [0.29, 0.717) is 0 Å². The summed E-state index contributed by atoms with van der Waals surface area (Å²) in [4.78, 5) is 0. The first-order chi connectivity index (χ1) is 31.7. The molecule has 0 aliphatic heterocycles. The van der Waals surface area contributed by atoms with Crippen molar-refractivity contribution in [3.05, 3.63) is 218 Å². The SMILES string of the molecule is c1ccc(-n2c3ccccc3c3cc(-c4ccc(-n5c6ccc(-c7cccc8c7oc7ccccc78)cc6c6cc(-c7cccc8c7sc7ccccc78)ccc65)cc4)ccc32)cc1. The first-order valence-corrected chi connectivity index (χ1v) is 22.6. The van der Waals surface area contributed by atoms with E-state index in [1.165, 1.54) is 86.2 Å². The highest BCUT2D eigenvalue weighted by atomic mass is 32.1. The average Bonchev–Trinajstić information content (AvgIpc) is 4.11. The molecule has 0 bridgehead atoms. The first kappa shape index (κ1) is 35.4. The van der Waals surface area contributed by atoms with Gasteiger partial charge in [-0.25, -0.2) is 0 Å². The molecule has 0 spiro atoms. The third-order valence-corrected chi connectivity index (χ3v) is 14.6. The van der Waals surface area contributed by atoms with Gasteiger partial charge in [-0.2, -0.15) is 0 Å². The van der Waals surface area contributed by atoms with Gasteiger partial charge in [-0.1, -0.05) is 140 Å². The lowest BCUT2D eigenvalue weighted by Gasteiger charge is -2.11. The topological polar surface area (TPSA) is 23.0 Å². The Bertz CT molecular complexity index is 4010. The van der Waals surface area contributed by atoms with Crippen LogP contribution in [0.1, 0.15) is 0 Å². The van der Waals surface area contributed by atoms with Crippen molar-refractivity contribution in [2.24, 2.45) is 0 Å². The number of fused-ring (bicyclic) bond motifs is 12. The summed E-state index contributed by atoms with van der Waals surface area (Å²) in [5.41, 5.74) is 15.9. The van der Waals surface area contributed by atoms with Gasteiger partial charge in [-0.3, -0.25) is 0 Å². The molecule has 0 atom stereocenters. The second-order valence-corrected chi connectivity index (χ2v) is 17.9. The molecule has 64 heavy (non-hydrogen) atoms. The third kappa shape index (κ3) is 5.21. The number of nitrogens with zero attached hydrogens (tertiary/aromatic N) is 2. The Hall–Kier alpha value is -8.18. The van der Waals surface area contributed by atoms with E-state index in [-0.39, 0.29) is 0 Å². The predicted octanol–water partition coefficient (Wildman–Crippen LogP) is 17.1. The van der Waals surface area contributed by atoms with Crippen molar-refractivity contribution in [1.82, 2.24) is 9.13 Å². The van der Waals surface area contributed by atoms with Crippen molar-refractivity contribution >= 4 is 97.1 Å². The van der Waals surface area contributed by atoms with E-state index in [1.54, 1.807) is 0 Å². The number of hydrogen-bond donors (Lipinski definition) is 0. The fraction of sp³-hybridized carbons (Fsp3) is 0. The summed E-state index contributed by atoms with van der Waals surface area (Å²) < 4.78 is 14.0. The molecule has 0 saturated heterocycles. The molecular weight excluding hydrogens is 797 g/mol. The summed E-state index contributed by atoms with van der Waals surface area (Å²) in [6, 6.07) is 79.7. The van der Waals surface area contributed by atoms with Crippen molar-refractivity contribution in [1.29, 1.82) is 0 Å². The van der Waals surface area contributed by atoms with Crippen LogP contribution in [-0.2, 0) is 0 Å². The maximum absolute atomic E-state index is 6.56. The van der Waals surface area contributed by atoms with E-state index in [2.05, 4.69) is 221 Å². The minimum atomic E-state index is 0.907. The molecule has 4 heterocycles.